The summed E-state index contributed by atoms with van der Waals surface area (Å²) in [5.74, 6) is -2.40. The Morgan fingerprint density at radius 1 is 0.882 bits per heavy atom. The van der Waals surface area contributed by atoms with E-state index >= 15 is 0 Å². The van der Waals surface area contributed by atoms with Gasteiger partial charge in [0.2, 0.25) is 5.91 Å². The van der Waals surface area contributed by atoms with Crippen LogP contribution in [0.3, 0.4) is 0 Å². The molecule has 10 heteroatoms. The van der Waals surface area contributed by atoms with E-state index in [2.05, 4.69) is 0 Å². The lowest BCUT2D eigenvalue weighted by atomic mass is 9.92. The normalized spacial score (nSPS) is 24.5. The summed E-state index contributed by atoms with van der Waals surface area (Å²) in [6.45, 7) is 7.37. The number of esters is 2. The maximum Gasteiger partial charge on any atom is 0.329 e. The topological polar surface area (TPSA) is 123 Å². The van der Waals surface area contributed by atoms with Crippen molar-refractivity contribution in [2.24, 2.45) is 11.8 Å². The SMILES string of the molecule is CCC(COC(=O)C(C)N1C(=O)C=CC1=O)CC(CC)COC(=O)C(C)N1C(=O)C=CC2OC21. The Bertz CT molecular complexity index is 879. The monoisotopic (exact) mass is 476 g/mol. The van der Waals surface area contributed by atoms with Crippen LogP contribution in [0.25, 0.3) is 0 Å². The van der Waals surface area contributed by atoms with E-state index in [1.807, 2.05) is 13.8 Å². The fourth-order valence-corrected chi connectivity index (χ4v) is 4.11. The number of carbonyl (C=O) groups excluding carboxylic acids is 5. The lowest BCUT2D eigenvalue weighted by Crippen LogP contribution is -2.47. The maximum atomic E-state index is 12.6. The molecule has 0 spiro atoms. The number of ether oxygens (including phenoxy) is 3. The molecule has 3 amide bonds. The van der Waals surface area contributed by atoms with Gasteiger partial charge in [-0.15, -0.1) is 0 Å². The fourth-order valence-electron chi connectivity index (χ4n) is 4.11. The fraction of sp³-hybridized carbons (Fsp3) is 0.625. The Balaban J connectivity index is 1.44. The summed E-state index contributed by atoms with van der Waals surface area (Å²) in [6, 6.07) is -1.75. The summed E-state index contributed by atoms with van der Waals surface area (Å²) in [6.07, 6.45) is 6.96. The quantitative estimate of drug-likeness (QED) is 0.235. The third kappa shape index (κ3) is 5.72. The average Bonchev–Trinajstić information content (AvgIpc) is 3.53. The van der Waals surface area contributed by atoms with Gasteiger partial charge in [0.05, 0.1) is 13.2 Å². The number of carbonyl (C=O) groups is 5. The minimum atomic E-state index is -1.00. The zero-order chi connectivity index (χ0) is 25.0. The number of hydrogen-bond acceptors (Lipinski definition) is 8. The highest BCUT2D eigenvalue weighted by Crippen LogP contribution is 2.33. The van der Waals surface area contributed by atoms with Crippen LogP contribution >= 0.6 is 0 Å². The van der Waals surface area contributed by atoms with Gasteiger partial charge >= 0.3 is 11.9 Å². The van der Waals surface area contributed by atoms with Gasteiger partial charge in [0.1, 0.15) is 18.2 Å². The molecule has 6 unspecified atom stereocenters. The molecule has 0 aromatic rings. The molecule has 3 aliphatic rings. The van der Waals surface area contributed by atoms with Crippen LogP contribution in [0.2, 0.25) is 0 Å². The summed E-state index contributed by atoms with van der Waals surface area (Å²) in [5.41, 5.74) is 0. The second-order valence-electron chi connectivity index (χ2n) is 8.87. The summed E-state index contributed by atoms with van der Waals surface area (Å²) < 4.78 is 16.3. The first-order valence-corrected chi connectivity index (χ1v) is 11.7. The molecule has 0 aromatic heterocycles. The van der Waals surface area contributed by atoms with Gasteiger partial charge in [-0.3, -0.25) is 24.2 Å². The van der Waals surface area contributed by atoms with E-state index in [1.54, 1.807) is 13.0 Å². The molecular formula is C24H32N2O8. The Morgan fingerprint density at radius 3 is 1.94 bits per heavy atom. The molecule has 0 radical (unpaired) electrons. The van der Waals surface area contributed by atoms with Crippen LogP contribution in [-0.2, 0) is 38.2 Å². The molecule has 0 bridgehead atoms. The summed E-state index contributed by atoms with van der Waals surface area (Å²) in [7, 11) is 0. The van der Waals surface area contributed by atoms with Crippen molar-refractivity contribution in [3.8, 4) is 0 Å². The molecule has 0 N–H and O–H groups in total. The highest BCUT2D eigenvalue weighted by Gasteiger charge is 2.50. The molecular weight excluding hydrogens is 444 g/mol. The van der Waals surface area contributed by atoms with E-state index < -0.39 is 42.1 Å². The van der Waals surface area contributed by atoms with Crippen LogP contribution in [0.5, 0.6) is 0 Å². The number of nitrogens with zero attached hydrogens (tertiary/aromatic N) is 2. The highest BCUT2D eigenvalue weighted by molar-refractivity contribution is 6.14. The molecule has 0 saturated carbocycles. The molecule has 0 aromatic carbocycles. The molecule has 0 aliphatic carbocycles. The van der Waals surface area contributed by atoms with E-state index in [0.717, 1.165) is 29.9 Å². The standard InChI is InChI=1S/C24H32N2O8/c1-5-16(12-32-23(30)14(3)25-19(27)9-10-20(25)28)11-17(6-2)13-33-24(31)15(4)26-21(29)8-7-18-22(26)34-18/h7-10,14-18,22H,5-6,11-13H2,1-4H3. The minimum absolute atomic E-state index is 0.0229. The molecule has 186 valence electrons. The average molecular weight is 477 g/mol. The van der Waals surface area contributed by atoms with Gasteiger partial charge in [0.15, 0.2) is 6.23 Å². The van der Waals surface area contributed by atoms with Crippen molar-refractivity contribution in [1.82, 2.24) is 9.80 Å². The van der Waals surface area contributed by atoms with Crippen LogP contribution in [0.15, 0.2) is 24.3 Å². The van der Waals surface area contributed by atoms with Gasteiger partial charge in [-0.1, -0.05) is 26.7 Å². The van der Waals surface area contributed by atoms with Gasteiger partial charge < -0.3 is 14.2 Å². The lowest BCUT2D eigenvalue weighted by Gasteiger charge is -2.28. The van der Waals surface area contributed by atoms with Crippen LogP contribution in [0.4, 0.5) is 0 Å². The van der Waals surface area contributed by atoms with Crippen molar-refractivity contribution in [3.63, 3.8) is 0 Å². The largest absolute Gasteiger partial charge is 0.464 e. The molecule has 1 fully saturated rings. The number of hydrogen-bond donors (Lipinski definition) is 0. The smallest absolute Gasteiger partial charge is 0.329 e. The number of amides is 3. The van der Waals surface area contributed by atoms with E-state index in [9.17, 15) is 24.0 Å². The number of fused-ring (bicyclic) bond motifs is 1. The number of rotatable bonds is 12. The zero-order valence-electron chi connectivity index (χ0n) is 20.0. The second kappa shape index (κ2) is 10.9. The highest BCUT2D eigenvalue weighted by atomic mass is 16.6. The summed E-state index contributed by atoms with van der Waals surface area (Å²) in [4.78, 5) is 62.9. The lowest BCUT2D eigenvalue weighted by molar-refractivity contribution is -0.158. The van der Waals surface area contributed by atoms with E-state index in [0.29, 0.717) is 6.42 Å². The van der Waals surface area contributed by atoms with Gasteiger partial charge in [0.25, 0.3) is 11.8 Å². The van der Waals surface area contributed by atoms with Crippen LogP contribution in [0.1, 0.15) is 47.0 Å². The maximum absolute atomic E-state index is 12.6. The molecule has 10 nitrogen and oxygen atoms in total. The summed E-state index contributed by atoms with van der Waals surface area (Å²) in [5, 5.41) is 0. The van der Waals surface area contributed by atoms with Crippen LogP contribution in [0, 0.1) is 11.8 Å². The Labute approximate surface area is 198 Å². The van der Waals surface area contributed by atoms with Crippen molar-refractivity contribution in [2.45, 2.75) is 71.4 Å². The molecule has 3 rings (SSSR count). The molecule has 1 saturated heterocycles. The van der Waals surface area contributed by atoms with E-state index in [1.165, 1.54) is 17.9 Å². The Morgan fingerprint density at radius 2 is 1.41 bits per heavy atom. The van der Waals surface area contributed by atoms with Gasteiger partial charge in [-0.05, 0) is 38.2 Å². The van der Waals surface area contributed by atoms with Crippen molar-refractivity contribution >= 4 is 29.7 Å². The first kappa shape index (κ1) is 25.6. The van der Waals surface area contributed by atoms with Crippen molar-refractivity contribution in [2.75, 3.05) is 13.2 Å². The van der Waals surface area contributed by atoms with Crippen LogP contribution in [-0.4, -0.2) is 77.1 Å². The third-order valence-electron chi connectivity index (χ3n) is 6.53. The molecule has 3 heterocycles. The summed E-state index contributed by atoms with van der Waals surface area (Å²) >= 11 is 0. The molecule has 3 aliphatic heterocycles. The van der Waals surface area contributed by atoms with Crippen LogP contribution < -0.4 is 0 Å². The number of imide groups is 1. The van der Waals surface area contributed by atoms with Gasteiger partial charge in [-0.25, -0.2) is 9.59 Å². The van der Waals surface area contributed by atoms with Gasteiger partial charge in [-0.2, -0.15) is 0 Å². The van der Waals surface area contributed by atoms with Crippen molar-refractivity contribution < 1.29 is 38.2 Å². The first-order valence-electron chi connectivity index (χ1n) is 11.7. The zero-order valence-corrected chi connectivity index (χ0v) is 20.0. The molecule has 34 heavy (non-hydrogen) atoms. The Hall–Kier alpha value is -3.01. The van der Waals surface area contributed by atoms with E-state index in [-0.39, 0.29) is 37.1 Å². The first-order chi connectivity index (χ1) is 16.2. The molecule has 6 atom stereocenters. The van der Waals surface area contributed by atoms with Crippen molar-refractivity contribution in [3.05, 3.63) is 24.3 Å². The predicted molar refractivity (Wildman–Crippen MR) is 119 cm³/mol. The Kier molecular flexibility index (Phi) is 8.24. The van der Waals surface area contributed by atoms with E-state index in [4.69, 9.17) is 14.2 Å². The predicted octanol–water partition coefficient (Wildman–Crippen LogP) is 1.34. The third-order valence-corrected chi connectivity index (χ3v) is 6.53. The minimum Gasteiger partial charge on any atom is -0.464 e. The number of epoxide rings is 1. The van der Waals surface area contributed by atoms with Crippen molar-refractivity contribution in [1.29, 1.82) is 0 Å². The second-order valence-corrected chi connectivity index (χ2v) is 8.87. The van der Waals surface area contributed by atoms with Gasteiger partial charge in [0, 0.05) is 18.2 Å².